The van der Waals surface area contributed by atoms with Crippen LogP contribution in [0.25, 0.3) is 0 Å². The first-order valence-electron chi connectivity index (χ1n) is 10.3. The topological polar surface area (TPSA) is 75.7 Å². The number of benzene rings is 1. The Balaban J connectivity index is 2.91. The molecule has 0 aromatic heterocycles. The number of amides is 2. The molecule has 0 saturated carbocycles. The summed E-state index contributed by atoms with van der Waals surface area (Å²) in [6.45, 7) is 10.9. The summed E-state index contributed by atoms with van der Waals surface area (Å²) in [5, 5.41) is 2.79. The fourth-order valence-electron chi connectivity index (χ4n) is 2.98. The number of rotatable bonds is 9. The first-order valence-corrected chi connectivity index (χ1v) is 10.3. The van der Waals surface area contributed by atoms with Gasteiger partial charge in [-0.05, 0) is 39.7 Å². The van der Waals surface area contributed by atoms with Crippen molar-refractivity contribution >= 4 is 17.8 Å². The van der Waals surface area contributed by atoms with Crippen LogP contribution in [-0.4, -0.2) is 47.4 Å². The SMILES string of the molecule is CCCC(C)C(=O)N(C)[C@H](C)C(=O)N[C@H](Cc1ccccc1)C(=O)OC(C)(C)C. The molecule has 2 amide bonds. The highest BCUT2D eigenvalue weighted by molar-refractivity contribution is 5.91. The largest absolute Gasteiger partial charge is 0.458 e. The van der Waals surface area contributed by atoms with Gasteiger partial charge in [0.15, 0.2) is 0 Å². The van der Waals surface area contributed by atoms with E-state index in [9.17, 15) is 14.4 Å². The second-order valence-electron chi connectivity index (χ2n) is 8.60. The summed E-state index contributed by atoms with van der Waals surface area (Å²) < 4.78 is 5.50. The van der Waals surface area contributed by atoms with Crippen LogP contribution < -0.4 is 5.32 Å². The molecule has 0 radical (unpaired) electrons. The van der Waals surface area contributed by atoms with Gasteiger partial charge in [0.2, 0.25) is 11.8 Å². The van der Waals surface area contributed by atoms with Gasteiger partial charge < -0.3 is 15.0 Å². The van der Waals surface area contributed by atoms with E-state index in [0.717, 1.165) is 18.4 Å². The van der Waals surface area contributed by atoms with Crippen LogP contribution in [0.5, 0.6) is 0 Å². The Hall–Kier alpha value is -2.37. The Morgan fingerprint density at radius 1 is 1.10 bits per heavy atom. The molecule has 0 aliphatic heterocycles. The molecule has 1 rings (SSSR count). The second-order valence-corrected chi connectivity index (χ2v) is 8.60. The molecule has 0 heterocycles. The van der Waals surface area contributed by atoms with Crippen LogP contribution in [0.1, 0.15) is 59.9 Å². The molecule has 1 aromatic carbocycles. The van der Waals surface area contributed by atoms with E-state index < -0.39 is 23.7 Å². The molecule has 6 nitrogen and oxygen atoms in total. The molecule has 0 spiro atoms. The van der Waals surface area contributed by atoms with Gasteiger partial charge in [-0.25, -0.2) is 4.79 Å². The van der Waals surface area contributed by atoms with E-state index in [-0.39, 0.29) is 17.7 Å². The average molecular weight is 405 g/mol. The molecule has 0 aliphatic rings. The van der Waals surface area contributed by atoms with Crippen molar-refractivity contribution < 1.29 is 19.1 Å². The smallest absolute Gasteiger partial charge is 0.329 e. The van der Waals surface area contributed by atoms with E-state index in [1.807, 2.05) is 44.2 Å². The predicted molar refractivity (Wildman–Crippen MR) is 114 cm³/mol. The molecule has 1 unspecified atom stereocenters. The minimum atomic E-state index is -0.830. The van der Waals surface area contributed by atoms with Crippen LogP contribution in [0.2, 0.25) is 0 Å². The lowest BCUT2D eigenvalue weighted by Crippen LogP contribution is -2.53. The minimum Gasteiger partial charge on any atom is -0.458 e. The van der Waals surface area contributed by atoms with Crippen LogP contribution in [0.15, 0.2) is 30.3 Å². The Morgan fingerprint density at radius 3 is 2.21 bits per heavy atom. The summed E-state index contributed by atoms with van der Waals surface area (Å²) >= 11 is 0. The highest BCUT2D eigenvalue weighted by atomic mass is 16.6. The molecule has 3 atom stereocenters. The normalized spacial score (nSPS) is 14.4. The molecule has 1 N–H and O–H groups in total. The second kappa shape index (κ2) is 11.0. The Labute approximate surface area is 175 Å². The van der Waals surface area contributed by atoms with Crippen molar-refractivity contribution in [3.8, 4) is 0 Å². The number of nitrogens with one attached hydrogen (secondary N) is 1. The maximum absolute atomic E-state index is 12.8. The van der Waals surface area contributed by atoms with Crippen molar-refractivity contribution in [3.05, 3.63) is 35.9 Å². The van der Waals surface area contributed by atoms with Gasteiger partial charge in [0.05, 0.1) is 0 Å². The van der Waals surface area contributed by atoms with Gasteiger partial charge in [-0.2, -0.15) is 0 Å². The maximum Gasteiger partial charge on any atom is 0.329 e. The summed E-state index contributed by atoms with van der Waals surface area (Å²) in [6, 6.07) is 7.93. The van der Waals surface area contributed by atoms with Crippen molar-refractivity contribution in [2.24, 2.45) is 5.92 Å². The van der Waals surface area contributed by atoms with Gasteiger partial charge in [-0.3, -0.25) is 9.59 Å². The third-order valence-corrected chi connectivity index (χ3v) is 4.74. The number of carbonyl (C=O) groups excluding carboxylic acids is 3. The number of hydrogen-bond donors (Lipinski definition) is 1. The number of nitrogens with zero attached hydrogens (tertiary/aromatic N) is 1. The molecule has 1 aromatic rings. The Bertz CT molecular complexity index is 682. The number of esters is 1. The summed E-state index contributed by atoms with van der Waals surface area (Å²) in [4.78, 5) is 39.5. The lowest BCUT2D eigenvalue weighted by molar-refractivity contribution is -0.159. The maximum atomic E-state index is 12.8. The molecule has 0 bridgehead atoms. The fraction of sp³-hybridized carbons (Fsp3) is 0.609. The minimum absolute atomic E-state index is 0.0774. The van der Waals surface area contributed by atoms with Gasteiger partial charge >= 0.3 is 5.97 Å². The molecule has 0 aliphatic carbocycles. The number of ether oxygens (including phenoxy) is 1. The van der Waals surface area contributed by atoms with Crippen LogP contribution >= 0.6 is 0 Å². The third kappa shape index (κ3) is 8.26. The first kappa shape index (κ1) is 24.7. The zero-order valence-electron chi connectivity index (χ0n) is 18.8. The van der Waals surface area contributed by atoms with E-state index in [1.54, 1.807) is 34.7 Å². The van der Waals surface area contributed by atoms with Gasteiger partial charge in [0.25, 0.3) is 0 Å². The van der Waals surface area contributed by atoms with Crippen molar-refractivity contribution in [3.63, 3.8) is 0 Å². The molecule has 0 saturated heterocycles. The number of carbonyl (C=O) groups is 3. The predicted octanol–water partition coefficient (Wildman–Crippen LogP) is 3.34. The molecular weight excluding hydrogens is 368 g/mol. The lowest BCUT2D eigenvalue weighted by Gasteiger charge is -2.29. The fourth-order valence-corrected chi connectivity index (χ4v) is 2.98. The quantitative estimate of drug-likeness (QED) is 0.641. The van der Waals surface area contributed by atoms with Crippen LogP contribution in [0, 0.1) is 5.92 Å². The molecule has 0 fully saturated rings. The van der Waals surface area contributed by atoms with E-state index in [4.69, 9.17) is 4.74 Å². The summed E-state index contributed by atoms with van der Waals surface area (Å²) in [7, 11) is 1.62. The highest BCUT2D eigenvalue weighted by Gasteiger charge is 2.31. The average Bonchev–Trinajstić information content (AvgIpc) is 2.65. The van der Waals surface area contributed by atoms with Crippen molar-refractivity contribution in [1.29, 1.82) is 0 Å². The van der Waals surface area contributed by atoms with Gasteiger partial charge in [-0.1, -0.05) is 50.6 Å². The van der Waals surface area contributed by atoms with Gasteiger partial charge in [0, 0.05) is 19.4 Å². The molecule has 29 heavy (non-hydrogen) atoms. The zero-order valence-corrected chi connectivity index (χ0v) is 18.8. The highest BCUT2D eigenvalue weighted by Crippen LogP contribution is 2.14. The summed E-state index contributed by atoms with van der Waals surface area (Å²) in [5.41, 5.74) is 0.252. The Kier molecular flexibility index (Phi) is 9.34. The van der Waals surface area contributed by atoms with Gasteiger partial charge in [-0.15, -0.1) is 0 Å². The molecule has 162 valence electrons. The van der Waals surface area contributed by atoms with Crippen LogP contribution in [0.3, 0.4) is 0 Å². The third-order valence-electron chi connectivity index (χ3n) is 4.74. The standard InChI is InChI=1S/C23H36N2O4/c1-8-12-16(2)21(27)25(7)17(3)20(26)24-19(22(28)29-23(4,5)6)15-18-13-10-9-11-14-18/h9-11,13-14,16-17,19H,8,12,15H2,1-7H3,(H,24,26)/t16?,17-,19-/m1/s1. The zero-order chi connectivity index (χ0) is 22.2. The van der Waals surface area contributed by atoms with E-state index >= 15 is 0 Å². The number of hydrogen-bond acceptors (Lipinski definition) is 4. The van der Waals surface area contributed by atoms with E-state index in [0.29, 0.717) is 6.42 Å². The molecule has 6 heteroatoms. The number of likely N-dealkylation sites (N-methyl/N-ethyl adjacent to an activating group) is 1. The van der Waals surface area contributed by atoms with Crippen LogP contribution in [-0.2, 0) is 25.5 Å². The first-order chi connectivity index (χ1) is 13.5. The van der Waals surface area contributed by atoms with E-state index in [1.165, 1.54) is 4.90 Å². The van der Waals surface area contributed by atoms with Gasteiger partial charge in [0.1, 0.15) is 17.7 Å². The van der Waals surface area contributed by atoms with Crippen molar-refractivity contribution in [2.75, 3.05) is 7.05 Å². The van der Waals surface area contributed by atoms with Crippen molar-refractivity contribution in [1.82, 2.24) is 10.2 Å². The van der Waals surface area contributed by atoms with E-state index in [2.05, 4.69) is 5.32 Å². The van der Waals surface area contributed by atoms with Crippen LogP contribution in [0.4, 0.5) is 0 Å². The molecular formula is C23H36N2O4. The monoisotopic (exact) mass is 404 g/mol. The summed E-state index contributed by atoms with van der Waals surface area (Å²) in [6.07, 6.45) is 1.99. The Morgan fingerprint density at radius 2 is 1.69 bits per heavy atom. The summed E-state index contributed by atoms with van der Waals surface area (Å²) in [5.74, 6) is -1.09. The lowest BCUT2D eigenvalue weighted by atomic mass is 10.0. The van der Waals surface area contributed by atoms with Crippen molar-refractivity contribution in [2.45, 2.75) is 78.5 Å².